The number of ether oxygens (including phenoxy) is 1. The Labute approximate surface area is 148 Å². The molecule has 3 N–H and O–H groups in total. The summed E-state index contributed by atoms with van der Waals surface area (Å²) < 4.78 is 5.12. The number of fused-ring (bicyclic) bond motifs is 1. The molecule has 24 heavy (non-hydrogen) atoms. The van der Waals surface area contributed by atoms with Crippen LogP contribution in [-0.4, -0.2) is 42.0 Å². The van der Waals surface area contributed by atoms with Crippen LogP contribution in [0.5, 0.6) is 0 Å². The van der Waals surface area contributed by atoms with Crippen LogP contribution in [0.25, 0.3) is 0 Å². The van der Waals surface area contributed by atoms with E-state index in [1.54, 1.807) is 18.7 Å². The summed E-state index contributed by atoms with van der Waals surface area (Å²) in [5.41, 5.74) is 1.43. The zero-order valence-electron chi connectivity index (χ0n) is 13.3. The van der Waals surface area contributed by atoms with E-state index in [-0.39, 0.29) is 19.6 Å². The first-order valence-corrected chi connectivity index (χ1v) is 9.66. The number of nitrogens with one attached hydrogen (secondary N) is 2. The molecule has 2 heterocycles. The Morgan fingerprint density at radius 2 is 2.12 bits per heavy atom. The van der Waals surface area contributed by atoms with E-state index >= 15 is 0 Å². The standard InChI is InChI=1S/C15H20N2O5S2/c1-2-22-14(20)12-9-5-7-23-8-10(9)24-13(12)17-15(21)16-6-3-4-11(18)19/h2-8H2,1H3,(H,18,19)(H2,16,17,21). The van der Waals surface area contributed by atoms with Gasteiger partial charge in [-0.05, 0) is 31.1 Å². The second-order valence-electron chi connectivity index (χ2n) is 5.11. The SMILES string of the molecule is CCOC(=O)c1c(NC(=O)NCCCC(=O)O)sc2c1CCSC2. The molecule has 1 aliphatic heterocycles. The summed E-state index contributed by atoms with van der Waals surface area (Å²) in [6.45, 7) is 2.28. The van der Waals surface area contributed by atoms with E-state index in [2.05, 4.69) is 10.6 Å². The molecule has 0 saturated carbocycles. The van der Waals surface area contributed by atoms with E-state index in [1.807, 2.05) is 0 Å². The Kier molecular flexibility index (Phi) is 6.92. The molecule has 9 heteroatoms. The van der Waals surface area contributed by atoms with Crippen LogP contribution in [0.1, 0.15) is 40.6 Å². The van der Waals surface area contributed by atoms with Crippen molar-refractivity contribution in [1.29, 1.82) is 0 Å². The lowest BCUT2D eigenvalue weighted by Gasteiger charge is -2.12. The lowest BCUT2D eigenvalue weighted by Crippen LogP contribution is -2.30. The van der Waals surface area contributed by atoms with E-state index in [0.717, 1.165) is 28.4 Å². The maximum absolute atomic E-state index is 12.3. The first kappa shape index (κ1) is 18.6. The van der Waals surface area contributed by atoms with Gasteiger partial charge < -0.3 is 15.2 Å². The molecular weight excluding hydrogens is 352 g/mol. The van der Waals surface area contributed by atoms with Crippen molar-refractivity contribution in [3.05, 3.63) is 16.0 Å². The predicted molar refractivity (Wildman–Crippen MR) is 94.0 cm³/mol. The maximum atomic E-state index is 12.3. The topological polar surface area (TPSA) is 105 Å². The van der Waals surface area contributed by atoms with Gasteiger partial charge in [-0.3, -0.25) is 10.1 Å². The summed E-state index contributed by atoms with van der Waals surface area (Å²) in [5.74, 6) is 0.457. The molecule has 1 aliphatic rings. The molecule has 0 saturated heterocycles. The van der Waals surface area contributed by atoms with Gasteiger partial charge in [0.25, 0.3) is 0 Å². The van der Waals surface area contributed by atoms with E-state index < -0.39 is 18.0 Å². The number of hydrogen-bond acceptors (Lipinski definition) is 6. The molecule has 2 rings (SSSR count). The molecule has 0 aromatic carbocycles. The van der Waals surface area contributed by atoms with Gasteiger partial charge in [0, 0.05) is 23.6 Å². The Morgan fingerprint density at radius 3 is 2.83 bits per heavy atom. The number of carbonyl (C=O) groups is 3. The number of hydrogen-bond donors (Lipinski definition) is 3. The molecule has 0 atom stereocenters. The minimum atomic E-state index is -0.898. The van der Waals surface area contributed by atoms with Crippen molar-refractivity contribution in [2.45, 2.75) is 31.9 Å². The quantitative estimate of drug-likeness (QED) is 0.502. The summed E-state index contributed by atoms with van der Waals surface area (Å²) in [5, 5.41) is 14.4. The number of anilines is 1. The van der Waals surface area contributed by atoms with Crippen molar-refractivity contribution < 1.29 is 24.2 Å². The fraction of sp³-hybridized carbons (Fsp3) is 0.533. The number of thioether (sulfide) groups is 1. The highest BCUT2D eigenvalue weighted by atomic mass is 32.2. The van der Waals surface area contributed by atoms with Crippen molar-refractivity contribution in [3.8, 4) is 0 Å². The van der Waals surface area contributed by atoms with Crippen LogP contribution in [0.15, 0.2) is 0 Å². The summed E-state index contributed by atoms with van der Waals surface area (Å²) in [4.78, 5) is 35.8. The highest BCUT2D eigenvalue weighted by molar-refractivity contribution is 7.98. The summed E-state index contributed by atoms with van der Waals surface area (Å²) in [7, 11) is 0. The molecule has 0 bridgehead atoms. The van der Waals surface area contributed by atoms with Gasteiger partial charge in [0.1, 0.15) is 5.00 Å². The zero-order valence-corrected chi connectivity index (χ0v) is 15.0. The number of rotatable bonds is 7. The van der Waals surface area contributed by atoms with Gasteiger partial charge in [-0.25, -0.2) is 9.59 Å². The highest BCUT2D eigenvalue weighted by Gasteiger charge is 2.27. The summed E-state index contributed by atoms with van der Waals surface area (Å²) >= 11 is 3.20. The number of amides is 2. The third kappa shape index (κ3) is 4.88. The predicted octanol–water partition coefficient (Wildman–Crippen LogP) is 2.70. The van der Waals surface area contributed by atoms with E-state index in [0.29, 0.717) is 17.0 Å². The molecule has 0 unspecified atom stereocenters. The first-order valence-electron chi connectivity index (χ1n) is 7.69. The lowest BCUT2D eigenvalue weighted by atomic mass is 10.1. The van der Waals surface area contributed by atoms with Crippen LogP contribution < -0.4 is 10.6 Å². The molecule has 2 amide bonds. The van der Waals surface area contributed by atoms with E-state index in [1.165, 1.54) is 11.3 Å². The van der Waals surface area contributed by atoms with Crippen LogP contribution in [0.3, 0.4) is 0 Å². The van der Waals surface area contributed by atoms with Crippen molar-refractivity contribution in [1.82, 2.24) is 5.32 Å². The van der Waals surface area contributed by atoms with Crippen LogP contribution >= 0.6 is 23.1 Å². The average Bonchev–Trinajstić information content (AvgIpc) is 2.89. The largest absolute Gasteiger partial charge is 0.481 e. The van der Waals surface area contributed by atoms with Crippen LogP contribution in [0.2, 0.25) is 0 Å². The third-order valence-corrected chi connectivity index (χ3v) is 5.70. The summed E-state index contributed by atoms with van der Waals surface area (Å²) in [6, 6.07) is -0.447. The Bertz CT molecular complexity index is 630. The first-order chi connectivity index (χ1) is 11.5. The second kappa shape index (κ2) is 8.93. The minimum absolute atomic E-state index is 0.00111. The number of esters is 1. The Hall–Kier alpha value is -1.74. The van der Waals surface area contributed by atoms with E-state index in [4.69, 9.17) is 9.84 Å². The van der Waals surface area contributed by atoms with Gasteiger partial charge in [-0.2, -0.15) is 11.8 Å². The Balaban J connectivity index is 2.05. The number of urea groups is 1. The van der Waals surface area contributed by atoms with Crippen molar-refractivity contribution in [2.75, 3.05) is 24.2 Å². The van der Waals surface area contributed by atoms with Gasteiger partial charge >= 0.3 is 18.0 Å². The third-order valence-electron chi connectivity index (χ3n) is 3.38. The normalized spacial score (nSPS) is 13.0. The monoisotopic (exact) mass is 372 g/mol. The van der Waals surface area contributed by atoms with Gasteiger partial charge in [0.05, 0.1) is 12.2 Å². The molecule has 0 fully saturated rings. The molecule has 1 aromatic heterocycles. The van der Waals surface area contributed by atoms with Gasteiger partial charge in [0.15, 0.2) is 0 Å². The van der Waals surface area contributed by atoms with Gasteiger partial charge in [-0.1, -0.05) is 0 Å². The fourth-order valence-corrected chi connectivity index (χ4v) is 4.69. The number of carboxylic acid groups (broad SMARTS) is 1. The van der Waals surface area contributed by atoms with Crippen molar-refractivity contribution >= 4 is 46.1 Å². The molecule has 0 aliphatic carbocycles. The smallest absolute Gasteiger partial charge is 0.341 e. The van der Waals surface area contributed by atoms with Crippen molar-refractivity contribution in [3.63, 3.8) is 0 Å². The maximum Gasteiger partial charge on any atom is 0.341 e. The molecule has 0 spiro atoms. The lowest BCUT2D eigenvalue weighted by molar-refractivity contribution is -0.137. The average molecular weight is 372 g/mol. The van der Waals surface area contributed by atoms with Gasteiger partial charge in [-0.15, -0.1) is 11.3 Å². The Morgan fingerprint density at radius 1 is 1.33 bits per heavy atom. The fourth-order valence-electron chi connectivity index (χ4n) is 2.33. The molecule has 0 radical (unpaired) electrons. The minimum Gasteiger partial charge on any atom is -0.481 e. The molecule has 132 valence electrons. The molecule has 7 nitrogen and oxygen atoms in total. The van der Waals surface area contributed by atoms with Gasteiger partial charge in [0.2, 0.25) is 0 Å². The van der Waals surface area contributed by atoms with Crippen LogP contribution in [0.4, 0.5) is 9.80 Å². The van der Waals surface area contributed by atoms with Crippen LogP contribution in [0, 0.1) is 0 Å². The number of carboxylic acids is 1. The summed E-state index contributed by atoms with van der Waals surface area (Å²) in [6.07, 6.45) is 1.14. The molecule has 1 aromatic rings. The zero-order chi connectivity index (χ0) is 17.5. The highest BCUT2D eigenvalue weighted by Crippen LogP contribution is 2.39. The molecular formula is C15H20N2O5S2. The second-order valence-corrected chi connectivity index (χ2v) is 7.32. The number of carbonyl (C=O) groups excluding carboxylic acids is 2. The van der Waals surface area contributed by atoms with Crippen LogP contribution in [-0.2, 0) is 21.7 Å². The number of aliphatic carboxylic acids is 1. The van der Waals surface area contributed by atoms with Crippen molar-refractivity contribution in [2.24, 2.45) is 0 Å². The number of thiophene rings is 1. The van der Waals surface area contributed by atoms with E-state index in [9.17, 15) is 14.4 Å².